The SMILES string of the molecule is c1ccc2c(c1)oc1ccc(-c3ccc4oc5cccnc5c4n3)cc12. The minimum absolute atomic E-state index is 0.747. The molecule has 26 heavy (non-hydrogen) atoms. The van der Waals surface area contributed by atoms with Crippen molar-refractivity contribution in [1.82, 2.24) is 9.97 Å². The standard InChI is InChI=1S/C22H12N2O2/c1-2-5-17-14(4-1)15-12-13(7-9-18(15)25-17)16-8-10-20-22(24-16)21-19(26-20)6-3-11-23-21/h1-12H. The Balaban J connectivity index is 1.61. The summed E-state index contributed by atoms with van der Waals surface area (Å²) in [7, 11) is 0. The van der Waals surface area contributed by atoms with Crippen LogP contribution in [0.5, 0.6) is 0 Å². The smallest absolute Gasteiger partial charge is 0.155 e. The molecule has 6 rings (SSSR count). The molecule has 4 heterocycles. The average Bonchev–Trinajstić information content (AvgIpc) is 3.25. The number of para-hydroxylation sites is 1. The van der Waals surface area contributed by atoms with E-state index in [1.54, 1.807) is 6.20 Å². The van der Waals surface area contributed by atoms with Crippen LogP contribution in [0.25, 0.3) is 55.4 Å². The maximum Gasteiger partial charge on any atom is 0.155 e. The summed E-state index contributed by atoms with van der Waals surface area (Å²) in [6.07, 6.45) is 1.76. The highest BCUT2D eigenvalue weighted by molar-refractivity contribution is 6.06. The Labute approximate surface area is 147 Å². The van der Waals surface area contributed by atoms with Crippen LogP contribution in [0.3, 0.4) is 0 Å². The molecule has 0 aliphatic heterocycles. The molecule has 0 saturated heterocycles. The van der Waals surface area contributed by atoms with Gasteiger partial charge < -0.3 is 8.83 Å². The first-order valence-electron chi connectivity index (χ1n) is 8.43. The fourth-order valence-electron chi connectivity index (χ4n) is 3.51. The minimum Gasteiger partial charge on any atom is -0.456 e. The first-order valence-corrected chi connectivity index (χ1v) is 8.43. The largest absolute Gasteiger partial charge is 0.456 e. The van der Waals surface area contributed by atoms with Crippen molar-refractivity contribution in [2.24, 2.45) is 0 Å². The zero-order chi connectivity index (χ0) is 17.1. The van der Waals surface area contributed by atoms with E-state index in [9.17, 15) is 0 Å². The van der Waals surface area contributed by atoms with Gasteiger partial charge in [-0.1, -0.05) is 18.2 Å². The van der Waals surface area contributed by atoms with Gasteiger partial charge in [0.1, 0.15) is 22.2 Å². The van der Waals surface area contributed by atoms with Crippen molar-refractivity contribution in [3.63, 3.8) is 0 Å². The van der Waals surface area contributed by atoms with Gasteiger partial charge in [-0.05, 0) is 48.5 Å². The lowest BCUT2D eigenvalue weighted by Gasteiger charge is -2.01. The van der Waals surface area contributed by atoms with Gasteiger partial charge in [0.05, 0.1) is 5.69 Å². The minimum atomic E-state index is 0.747. The van der Waals surface area contributed by atoms with E-state index in [4.69, 9.17) is 13.8 Å². The van der Waals surface area contributed by atoms with Crippen LogP contribution in [-0.2, 0) is 0 Å². The monoisotopic (exact) mass is 336 g/mol. The van der Waals surface area contributed by atoms with Crippen LogP contribution in [0, 0.1) is 0 Å². The van der Waals surface area contributed by atoms with Crippen molar-refractivity contribution in [3.05, 3.63) is 72.9 Å². The van der Waals surface area contributed by atoms with E-state index >= 15 is 0 Å². The van der Waals surface area contributed by atoms with Gasteiger partial charge >= 0.3 is 0 Å². The summed E-state index contributed by atoms with van der Waals surface area (Å²) in [5, 5.41) is 2.20. The van der Waals surface area contributed by atoms with Gasteiger partial charge in [0.15, 0.2) is 11.2 Å². The van der Waals surface area contributed by atoms with Crippen LogP contribution in [0.2, 0.25) is 0 Å². The highest BCUT2D eigenvalue weighted by Gasteiger charge is 2.12. The molecule has 4 aromatic heterocycles. The lowest BCUT2D eigenvalue weighted by Crippen LogP contribution is -1.84. The Hall–Kier alpha value is -3.66. The number of hydrogen-bond donors (Lipinski definition) is 0. The van der Waals surface area contributed by atoms with Gasteiger partial charge in [0.25, 0.3) is 0 Å². The molecule has 2 aromatic carbocycles. The molecular formula is C22H12N2O2. The number of aromatic nitrogens is 2. The van der Waals surface area contributed by atoms with E-state index in [1.165, 1.54) is 0 Å². The maximum atomic E-state index is 5.91. The van der Waals surface area contributed by atoms with E-state index < -0.39 is 0 Å². The highest BCUT2D eigenvalue weighted by atomic mass is 16.3. The zero-order valence-corrected chi connectivity index (χ0v) is 13.6. The van der Waals surface area contributed by atoms with Gasteiger partial charge in [0.2, 0.25) is 0 Å². The fourth-order valence-corrected chi connectivity index (χ4v) is 3.51. The zero-order valence-electron chi connectivity index (χ0n) is 13.6. The average molecular weight is 336 g/mol. The molecule has 0 aliphatic carbocycles. The summed E-state index contributed by atoms with van der Waals surface area (Å²) >= 11 is 0. The highest BCUT2D eigenvalue weighted by Crippen LogP contribution is 2.33. The Morgan fingerprint density at radius 1 is 0.615 bits per heavy atom. The molecule has 0 unspecified atom stereocenters. The lowest BCUT2D eigenvalue weighted by atomic mass is 10.1. The van der Waals surface area contributed by atoms with Crippen molar-refractivity contribution >= 4 is 44.1 Å². The normalized spacial score (nSPS) is 11.8. The Kier molecular flexibility index (Phi) is 2.58. The molecule has 0 N–H and O–H groups in total. The number of nitrogens with zero attached hydrogens (tertiary/aromatic N) is 2. The van der Waals surface area contributed by atoms with Crippen LogP contribution in [0.4, 0.5) is 0 Å². The summed E-state index contributed by atoms with van der Waals surface area (Å²) in [4.78, 5) is 9.23. The third kappa shape index (κ3) is 1.84. The first-order chi connectivity index (χ1) is 12.9. The van der Waals surface area contributed by atoms with E-state index in [0.29, 0.717) is 0 Å². The third-order valence-electron chi connectivity index (χ3n) is 4.75. The van der Waals surface area contributed by atoms with Crippen LogP contribution in [-0.4, -0.2) is 9.97 Å². The predicted molar refractivity (Wildman–Crippen MR) is 102 cm³/mol. The van der Waals surface area contributed by atoms with E-state index in [1.807, 2.05) is 54.6 Å². The number of pyridine rings is 2. The van der Waals surface area contributed by atoms with E-state index in [0.717, 1.165) is 55.4 Å². The summed E-state index contributed by atoms with van der Waals surface area (Å²) in [5.41, 5.74) is 6.78. The molecule has 0 aliphatic rings. The lowest BCUT2D eigenvalue weighted by molar-refractivity contribution is 0.667. The van der Waals surface area contributed by atoms with Crippen molar-refractivity contribution < 1.29 is 8.83 Å². The molecule has 4 heteroatoms. The van der Waals surface area contributed by atoms with Gasteiger partial charge in [-0.3, -0.25) is 4.98 Å². The number of fused-ring (bicyclic) bond motifs is 6. The second-order valence-corrected chi connectivity index (χ2v) is 6.30. The summed E-state index contributed by atoms with van der Waals surface area (Å²) in [5.74, 6) is 0. The Morgan fingerprint density at radius 2 is 1.38 bits per heavy atom. The number of furan rings is 2. The van der Waals surface area contributed by atoms with Crippen LogP contribution in [0.15, 0.2) is 81.8 Å². The molecule has 0 spiro atoms. The first kappa shape index (κ1) is 13.6. The van der Waals surface area contributed by atoms with Crippen LogP contribution >= 0.6 is 0 Å². The topological polar surface area (TPSA) is 52.1 Å². The summed E-state index contributed by atoms with van der Waals surface area (Å²) in [6.45, 7) is 0. The van der Waals surface area contributed by atoms with E-state index in [-0.39, 0.29) is 0 Å². The molecular weight excluding hydrogens is 324 g/mol. The molecule has 4 nitrogen and oxygen atoms in total. The van der Waals surface area contributed by atoms with Gasteiger partial charge in [0, 0.05) is 22.5 Å². The van der Waals surface area contributed by atoms with Crippen molar-refractivity contribution in [2.45, 2.75) is 0 Å². The second kappa shape index (κ2) is 4.92. The van der Waals surface area contributed by atoms with Gasteiger partial charge in [-0.25, -0.2) is 4.98 Å². The quantitative estimate of drug-likeness (QED) is 0.373. The van der Waals surface area contributed by atoms with Crippen molar-refractivity contribution in [2.75, 3.05) is 0 Å². The molecule has 0 bridgehead atoms. The molecule has 122 valence electrons. The van der Waals surface area contributed by atoms with Crippen molar-refractivity contribution in [1.29, 1.82) is 0 Å². The molecule has 0 saturated carbocycles. The van der Waals surface area contributed by atoms with Gasteiger partial charge in [-0.2, -0.15) is 0 Å². The fraction of sp³-hybridized carbons (Fsp3) is 0. The van der Waals surface area contributed by atoms with Gasteiger partial charge in [-0.15, -0.1) is 0 Å². The molecule has 0 amide bonds. The Morgan fingerprint density at radius 3 is 2.38 bits per heavy atom. The molecule has 6 aromatic rings. The maximum absolute atomic E-state index is 5.91. The summed E-state index contributed by atoms with van der Waals surface area (Å²) in [6, 6.07) is 22.0. The van der Waals surface area contributed by atoms with E-state index in [2.05, 4.69) is 17.1 Å². The number of benzene rings is 2. The van der Waals surface area contributed by atoms with Crippen molar-refractivity contribution in [3.8, 4) is 11.3 Å². The third-order valence-corrected chi connectivity index (χ3v) is 4.75. The summed E-state index contributed by atoms with van der Waals surface area (Å²) < 4.78 is 11.7. The number of rotatable bonds is 1. The van der Waals surface area contributed by atoms with Crippen LogP contribution < -0.4 is 0 Å². The molecule has 0 fully saturated rings. The Bertz CT molecular complexity index is 1330. The number of hydrogen-bond acceptors (Lipinski definition) is 4. The predicted octanol–water partition coefficient (Wildman–Crippen LogP) is 5.94. The molecule has 0 radical (unpaired) electrons. The molecule has 0 atom stereocenters. The van der Waals surface area contributed by atoms with Crippen LogP contribution in [0.1, 0.15) is 0 Å². The second-order valence-electron chi connectivity index (χ2n) is 6.30.